The van der Waals surface area contributed by atoms with Crippen molar-refractivity contribution in [1.82, 2.24) is 15.2 Å². The topological polar surface area (TPSA) is 64.7 Å². The quantitative estimate of drug-likeness (QED) is 0.541. The van der Waals surface area contributed by atoms with Crippen molar-refractivity contribution < 1.29 is 0 Å². The highest BCUT2D eigenvalue weighted by Crippen LogP contribution is 1.97. The molecular formula is C3H3ClN4. The van der Waals surface area contributed by atoms with E-state index in [4.69, 9.17) is 17.3 Å². The lowest BCUT2D eigenvalue weighted by molar-refractivity contribution is 0.977. The van der Waals surface area contributed by atoms with Crippen molar-refractivity contribution >= 4 is 17.4 Å². The number of hydrogen-bond acceptors (Lipinski definition) is 4. The summed E-state index contributed by atoms with van der Waals surface area (Å²) in [6, 6.07) is 0. The van der Waals surface area contributed by atoms with Gasteiger partial charge < -0.3 is 5.73 Å². The van der Waals surface area contributed by atoms with Crippen LogP contribution in [0, 0.1) is 0 Å². The third kappa shape index (κ3) is 1.04. The van der Waals surface area contributed by atoms with Crippen molar-refractivity contribution in [3.63, 3.8) is 0 Å². The van der Waals surface area contributed by atoms with Crippen LogP contribution in [0.1, 0.15) is 0 Å². The molecule has 42 valence electrons. The maximum Gasteiger partial charge on any atom is 0.244 e. The van der Waals surface area contributed by atoms with Crippen LogP contribution in [-0.2, 0) is 0 Å². The number of aromatic nitrogens is 3. The average Bonchev–Trinajstić information content (AvgIpc) is 1.64. The molecule has 0 fully saturated rings. The fourth-order valence-electron chi connectivity index (χ4n) is 0.293. The van der Waals surface area contributed by atoms with Gasteiger partial charge in [-0.25, -0.2) is 0 Å². The second-order valence-corrected chi connectivity index (χ2v) is 1.49. The molecule has 1 aromatic heterocycles. The van der Waals surface area contributed by atoms with E-state index in [0.717, 1.165) is 0 Å². The molecule has 0 unspecified atom stereocenters. The molecule has 1 heterocycles. The van der Waals surface area contributed by atoms with Gasteiger partial charge in [0.2, 0.25) is 5.28 Å². The SMILES string of the molecule is Nc1cnnc(Cl)n1. The third-order valence-electron chi connectivity index (χ3n) is 0.552. The zero-order valence-corrected chi connectivity index (χ0v) is 4.63. The van der Waals surface area contributed by atoms with Gasteiger partial charge in [0, 0.05) is 0 Å². The molecule has 0 spiro atoms. The molecule has 0 bridgehead atoms. The second kappa shape index (κ2) is 1.92. The Balaban J connectivity index is 3.08. The lowest BCUT2D eigenvalue weighted by atomic mass is 10.8. The van der Waals surface area contributed by atoms with E-state index in [0.29, 0.717) is 0 Å². The largest absolute Gasteiger partial charge is 0.382 e. The van der Waals surface area contributed by atoms with Crippen LogP contribution in [0.15, 0.2) is 6.20 Å². The second-order valence-electron chi connectivity index (χ2n) is 1.15. The van der Waals surface area contributed by atoms with Gasteiger partial charge in [-0.15, -0.1) is 5.10 Å². The fraction of sp³-hybridized carbons (Fsp3) is 0. The zero-order valence-electron chi connectivity index (χ0n) is 3.87. The summed E-state index contributed by atoms with van der Waals surface area (Å²) in [7, 11) is 0. The van der Waals surface area contributed by atoms with Gasteiger partial charge in [-0.1, -0.05) is 0 Å². The summed E-state index contributed by atoms with van der Waals surface area (Å²) in [5, 5.41) is 6.85. The monoisotopic (exact) mass is 130 g/mol. The van der Waals surface area contributed by atoms with E-state index in [1.54, 1.807) is 0 Å². The van der Waals surface area contributed by atoms with E-state index >= 15 is 0 Å². The first-order valence-corrected chi connectivity index (χ1v) is 2.27. The van der Waals surface area contributed by atoms with Crippen LogP contribution >= 0.6 is 11.6 Å². The number of hydrogen-bond donors (Lipinski definition) is 1. The number of nitrogens with two attached hydrogens (primary N) is 1. The van der Waals surface area contributed by atoms with Gasteiger partial charge >= 0.3 is 0 Å². The fourth-order valence-corrected chi connectivity index (χ4v) is 0.435. The van der Waals surface area contributed by atoms with Gasteiger partial charge in [0.15, 0.2) is 0 Å². The van der Waals surface area contributed by atoms with Gasteiger partial charge in [-0.05, 0) is 11.6 Å². The number of anilines is 1. The van der Waals surface area contributed by atoms with Crippen molar-refractivity contribution in [2.45, 2.75) is 0 Å². The Morgan fingerprint density at radius 1 is 1.62 bits per heavy atom. The Morgan fingerprint density at radius 3 is 2.75 bits per heavy atom. The van der Waals surface area contributed by atoms with E-state index in [2.05, 4.69) is 15.2 Å². The Kier molecular flexibility index (Phi) is 1.26. The summed E-state index contributed by atoms with van der Waals surface area (Å²) in [6.45, 7) is 0. The zero-order chi connectivity index (χ0) is 5.98. The molecule has 0 saturated heterocycles. The summed E-state index contributed by atoms with van der Waals surface area (Å²) in [6.07, 6.45) is 1.33. The lowest BCUT2D eigenvalue weighted by Crippen LogP contribution is -1.93. The standard InChI is InChI=1S/C3H3ClN4/c4-3-7-2(5)1-6-8-3/h1H,(H2,5,7,8). The van der Waals surface area contributed by atoms with Crippen molar-refractivity contribution in [3.05, 3.63) is 11.5 Å². The van der Waals surface area contributed by atoms with Gasteiger partial charge in [-0.3, -0.25) is 0 Å². The first-order valence-electron chi connectivity index (χ1n) is 1.90. The molecule has 0 aliphatic carbocycles. The number of nitrogen functional groups attached to an aromatic ring is 1. The summed E-state index contributed by atoms with van der Waals surface area (Å²) in [4.78, 5) is 3.54. The van der Waals surface area contributed by atoms with E-state index in [-0.39, 0.29) is 11.1 Å². The molecule has 1 rings (SSSR count). The molecular weight excluding hydrogens is 128 g/mol. The van der Waals surface area contributed by atoms with E-state index in [1.165, 1.54) is 6.20 Å². The minimum absolute atomic E-state index is 0.0741. The molecule has 0 aliphatic rings. The Hall–Kier alpha value is -0.900. The van der Waals surface area contributed by atoms with Crippen molar-refractivity contribution in [2.24, 2.45) is 0 Å². The van der Waals surface area contributed by atoms with Crippen molar-refractivity contribution in [2.75, 3.05) is 5.73 Å². The van der Waals surface area contributed by atoms with Gasteiger partial charge in [0.05, 0.1) is 6.20 Å². The maximum absolute atomic E-state index is 5.28. The summed E-state index contributed by atoms with van der Waals surface area (Å²) >= 11 is 5.28. The van der Waals surface area contributed by atoms with E-state index in [1.807, 2.05) is 0 Å². The molecule has 2 N–H and O–H groups in total. The summed E-state index contributed by atoms with van der Waals surface area (Å²) in [5.41, 5.74) is 5.16. The van der Waals surface area contributed by atoms with E-state index in [9.17, 15) is 0 Å². The summed E-state index contributed by atoms with van der Waals surface area (Å²) < 4.78 is 0. The molecule has 0 aromatic carbocycles. The summed E-state index contributed by atoms with van der Waals surface area (Å²) in [5.74, 6) is 0.282. The van der Waals surface area contributed by atoms with Gasteiger partial charge in [0.25, 0.3) is 0 Å². The lowest BCUT2D eigenvalue weighted by Gasteiger charge is -1.86. The molecule has 0 atom stereocenters. The van der Waals surface area contributed by atoms with Gasteiger partial charge in [0.1, 0.15) is 5.82 Å². The van der Waals surface area contributed by atoms with Crippen LogP contribution in [0.5, 0.6) is 0 Å². The highest BCUT2D eigenvalue weighted by atomic mass is 35.5. The molecule has 0 saturated carbocycles. The maximum atomic E-state index is 5.28. The minimum atomic E-state index is 0.0741. The first kappa shape index (κ1) is 5.24. The number of nitrogens with zero attached hydrogens (tertiary/aromatic N) is 3. The number of halogens is 1. The highest BCUT2D eigenvalue weighted by molar-refractivity contribution is 6.28. The molecule has 0 radical (unpaired) electrons. The third-order valence-corrected chi connectivity index (χ3v) is 0.712. The predicted molar refractivity (Wildman–Crippen MR) is 29.2 cm³/mol. The molecule has 1 aromatic rings. The molecule has 5 heteroatoms. The van der Waals surface area contributed by atoms with Crippen molar-refractivity contribution in [3.8, 4) is 0 Å². The van der Waals surface area contributed by atoms with Crippen LogP contribution in [0.25, 0.3) is 0 Å². The van der Waals surface area contributed by atoms with Crippen LogP contribution < -0.4 is 5.73 Å². The van der Waals surface area contributed by atoms with E-state index < -0.39 is 0 Å². The Labute approximate surface area is 50.7 Å². The molecule has 4 nitrogen and oxygen atoms in total. The molecule has 8 heavy (non-hydrogen) atoms. The number of rotatable bonds is 0. The highest BCUT2D eigenvalue weighted by Gasteiger charge is 1.88. The van der Waals surface area contributed by atoms with Crippen LogP contribution in [0.3, 0.4) is 0 Å². The van der Waals surface area contributed by atoms with Crippen LogP contribution in [0.4, 0.5) is 5.82 Å². The molecule has 0 amide bonds. The first-order chi connectivity index (χ1) is 3.79. The smallest absolute Gasteiger partial charge is 0.244 e. The van der Waals surface area contributed by atoms with Crippen LogP contribution in [0.2, 0.25) is 5.28 Å². The normalized spacial score (nSPS) is 9.12. The van der Waals surface area contributed by atoms with Crippen molar-refractivity contribution in [1.29, 1.82) is 0 Å². The minimum Gasteiger partial charge on any atom is -0.382 e. The Morgan fingerprint density at radius 2 is 2.38 bits per heavy atom. The predicted octanol–water partition coefficient (Wildman–Crippen LogP) is 0.107. The van der Waals surface area contributed by atoms with Crippen LogP contribution in [-0.4, -0.2) is 15.2 Å². The average molecular weight is 131 g/mol. The molecule has 0 aliphatic heterocycles. The Bertz CT molecular complexity index is 171. The van der Waals surface area contributed by atoms with Gasteiger partial charge in [-0.2, -0.15) is 10.1 Å².